The molecule has 4 aliphatic heterocycles. The van der Waals surface area contributed by atoms with E-state index in [9.17, 15) is 24.0 Å². The molecule has 5 aromatic rings. The lowest BCUT2D eigenvalue weighted by molar-refractivity contribution is -0.136. The van der Waals surface area contributed by atoms with Crippen molar-refractivity contribution in [2.45, 2.75) is 37.8 Å². The van der Waals surface area contributed by atoms with Gasteiger partial charge >= 0.3 is 6.03 Å². The van der Waals surface area contributed by atoms with Gasteiger partial charge in [-0.15, -0.1) is 0 Å². The number of amides is 6. The number of para-hydroxylation sites is 1. The maximum atomic E-state index is 13.5. The zero-order chi connectivity index (χ0) is 40.6. The monoisotopic (exact) mass is 797 g/mol. The minimum atomic E-state index is -1.000. The normalized spacial score (nSPS) is 19.9. The molecule has 4 aliphatic rings. The largest absolute Gasteiger partial charge is 0.457 e. The second kappa shape index (κ2) is 15.8. The summed E-state index contributed by atoms with van der Waals surface area (Å²) in [6.45, 7) is 5.13. The topological polar surface area (TPSA) is 201 Å². The summed E-state index contributed by atoms with van der Waals surface area (Å²) in [6, 6.07) is 21.2. The number of nitrogens with one attached hydrogen (secondary N) is 2. The van der Waals surface area contributed by atoms with E-state index < -0.39 is 29.7 Å². The number of likely N-dealkylation sites (tertiary alicyclic amines) is 1. The smallest absolute Gasteiger partial charge is 0.317 e. The fraction of sp³-hybridized carbons (Fsp3) is 0.333. The predicted octanol–water partition coefficient (Wildman–Crippen LogP) is 3.44. The van der Waals surface area contributed by atoms with Gasteiger partial charge < -0.3 is 25.6 Å². The van der Waals surface area contributed by atoms with Crippen LogP contribution in [0.2, 0.25) is 0 Å². The van der Waals surface area contributed by atoms with E-state index in [0.29, 0.717) is 67.6 Å². The predicted molar refractivity (Wildman–Crippen MR) is 217 cm³/mol. The van der Waals surface area contributed by atoms with Crippen molar-refractivity contribution in [3.05, 3.63) is 90.3 Å². The third-order valence-corrected chi connectivity index (χ3v) is 11.5. The average Bonchev–Trinajstić information content (AvgIpc) is 3.77. The molecule has 0 aliphatic carbocycles. The molecule has 3 saturated heterocycles. The number of ether oxygens (including phenoxy) is 1. The number of fused-ring (bicyclic) bond motifs is 2. The Kier molecular flexibility index (Phi) is 10.1. The van der Waals surface area contributed by atoms with Crippen molar-refractivity contribution in [1.82, 2.24) is 45.1 Å². The number of rotatable bonds is 9. The van der Waals surface area contributed by atoms with E-state index in [4.69, 9.17) is 15.6 Å². The van der Waals surface area contributed by atoms with E-state index in [1.807, 2.05) is 70.2 Å². The standard InChI is InChI=1S/C42H43N11O6/c43-37-35-36(26-8-11-30(12-9-26)59-29-6-2-1-3-7-29)48-53(38(35)46-25-45-37)28-5-4-17-51(24-28)42(58)44-16-18-49-19-21-50(22-20-49)27-10-13-31-32(23-27)41(57)52(40(31)56)33-14-15-34(54)47-39(33)55/h1-3,6-13,23,25,28,33H,4-5,14-22,24H2,(H,44,58)(H2,43,45,46)(H,47,54,55)/t28-,33?/m1/s1. The highest BCUT2D eigenvalue weighted by Gasteiger charge is 2.45. The van der Waals surface area contributed by atoms with E-state index >= 15 is 0 Å². The molecule has 0 radical (unpaired) electrons. The van der Waals surface area contributed by atoms with Crippen molar-refractivity contribution in [1.29, 1.82) is 0 Å². The number of carbonyl (C=O) groups excluding carboxylic acids is 5. The van der Waals surface area contributed by atoms with Crippen molar-refractivity contribution in [3.8, 4) is 22.8 Å². The van der Waals surface area contributed by atoms with Gasteiger partial charge in [0.15, 0.2) is 5.65 Å². The SMILES string of the molecule is Nc1ncnc2c1c(-c1ccc(Oc3ccccc3)cc1)nn2[C@@H]1CCCN(C(=O)NCCN2CCN(c3ccc4c(c3)C(=O)N(C3CCC(=O)NC3=O)C4=O)CC2)C1. The van der Waals surface area contributed by atoms with Crippen molar-refractivity contribution < 1.29 is 28.7 Å². The third-order valence-electron chi connectivity index (χ3n) is 11.5. The van der Waals surface area contributed by atoms with Crippen molar-refractivity contribution in [3.63, 3.8) is 0 Å². The number of piperazine rings is 1. The summed E-state index contributed by atoms with van der Waals surface area (Å²) in [7, 11) is 0. The van der Waals surface area contributed by atoms with Crippen LogP contribution in [0.25, 0.3) is 22.3 Å². The fourth-order valence-corrected chi connectivity index (χ4v) is 8.41. The number of carbonyl (C=O) groups is 5. The molecule has 17 nitrogen and oxygen atoms in total. The number of urea groups is 1. The number of aromatic nitrogens is 4. The van der Waals surface area contributed by atoms with Crippen molar-refractivity contribution in [2.24, 2.45) is 0 Å². The van der Waals surface area contributed by atoms with Gasteiger partial charge in [0.25, 0.3) is 11.8 Å². The van der Waals surface area contributed by atoms with E-state index in [1.165, 1.54) is 6.33 Å². The molecule has 9 rings (SSSR count). The number of benzene rings is 3. The number of anilines is 2. The molecule has 3 aromatic carbocycles. The zero-order valence-electron chi connectivity index (χ0n) is 32.3. The molecule has 6 heterocycles. The van der Waals surface area contributed by atoms with Gasteiger partial charge in [-0.05, 0) is 73.9 Å². The Morgan fingerprint density at radius 2 is 1.63 bits per heavy atom. The van der Waals surface area contributed by atoms with Crippen LogP contribution in [0.5, 0.6) is 11.5 Å². The molecule has 0 saturated carbocycles. The van der Waals surface area contributed by atoms with Gasteiger partial charge in [0.05, 0.1) is 22.6 Å². The first kappa shape index (κ1) is 37.7. The minimum absolute atomic E-state index is 0.0723. The second-order valence-electron chi connectivity index (χ2n) is 15.2. The first-order chi connectivity index (χ1) is 28.7. The van der Waals surface area contributed by atoms with Crippen molar-refractivity contribution >= 4 is 52.2 Å². The molecule has 6 amide bonds. The first-order valence-corrected chi connectivity index (χ1v) is 19.9. The highest BCUT2D eigenvalue weighted by atomic mass is 16.5. The molecular weight excluding hydrogens is 755 g/mol. The van der Waals surface area contributed by atoms with Gasteiger partial charge in [0.2, 0.25) is 11.8 Å². The Morgan fingerprint density at radius 1 is 0.864 bits per heavy atom. The van der Waals surface area contributed by atoms with Crippen LogP contribution in [-0.2, 0) is 9.59 Å². The van der Waals surface area contributed by atoms with Crippen LogP contribution in [0.15, 0.2) is 79.1 Å². The molecule has 2 aromatic heterocycles. The molecule has 59 heavy (non-hydrogen) atoms. The number of nitrogens with zero attached hydrogens (tertiary/aromatic N) is 8. The van der Waals surface area contributed by atoms with Gasteiger partial charge in [-0.2, -0.15) is 5.10 Å². The lowest BCUT2D eigenvalue weighted by Crippen LogP contribution is -2.54. The Hall–Kier alpha value is -6.88. The molecule has 3 fully saturated rings. The fourth-order valence-electron chi connectivity index (χ4n) is 8.41. The lowest BCUT2D eigenvalue weighted by atomic mass is 10.0. The minimum Gasteiger partial charge on any atom is -0.457 e. The van der Waals surface area contributed by atoms with Gasteiger partial charge in [-0.3, -0.25) is 34.3 Å². The summed E-state index contributed by atoms with van der Waals surface area (Å²) in [6.07, 6.45) is 3.26. The van der Waals surface area contributed by atoms with Crippen molar-refractivity contribution in [2.75, 3.05) is 63.0 Å². The van der Waals surface area contributed by atoms with E-state index in [2.05, 4.69) is 30.4 Å². The van der Waals surface area contributed by atoms with Gasteiger partial charge in [-0.1, -0.05) is 18.2 Å². The van der Waals surface area contributed by atoms with Crippen LogP contribution in [0.1, 0.15) is 52.4 Å². The van der Waals surface area contributed by atoms with Crippen LogP contribution in [0.3, 0.4) is 0 Å². The number of piperidine rings is 2. The number of imide groups is 2. The number of nitrogen functional groups attached to an aromatic ring is 1. The number of hydrogen-bond donors (Lipinski definition) is 3. The first-order valence-electron chi connectivity index (χ1n) is 19.9. The van der Waals surface area contributed by atoms with Crippen LogP contribution in [0, 0.1) is 0 Å². The van der Waals surface area contributed by atoms with Crippen LogP contribution in [-0.4, -0.2) is 123 Å². The Morgan fingerprint density at radius 3 is 2.41 bits per heavy atom. The average molecular weight is 798 g/mol. The summed E-state index contributed by atoms with van der Waals surface area (Å²) < 4.78 is 7.87. The maximum absolute atomic E-state index is 13.5. The highest BCUT2D eigenvalue weighted by Crippen LogP contribution is 2.35. The Labute approximate surface area is 339 Å². The third kappa shape index (κ3) is 7.40. The van der Waals surface area contributed by atoms with E-state index in [1.54, 1.807) is 12.1 Å². The maximum Gasteiger partial charge on any atom is 0.317 e. The van der Waals surface area contributed by atoms with Gasteiger partial charge in [0.1, 0.15) is 35.4 Å². The van der Waals surface area contributed by atoms with Crippen LogP contribution < -0.4 is 26.0 Å². The molecule has 0 bridgehead atoms. The molecular formula is C42H43N11O6. The number of hydrogen-bond acceptors (Lipinski definition) is 12. The molecule has 1 unspecified atom stereocenters. The zero-order valence-corrected chi connectivity index (χ0v) is 32.3. The Balaban J connectivity index is 0.785. The molecule has 2 atom stereocenters. The van der Waals surface area contributed by atoms with E-state index in [-0.39, 0.29) is 36.0 Å². The Bertz CT molecular complexity index is 2450. The summed E-state index contributed by atoms with van der Waals surface area (Å²) in [5.74, 6) is -0.299. The van der Waals surface area contributed by atoms with E-state index in [0.717, 1.165) is 47.8 Å². The second-order valence-corrected chi connectivity index (χ2v) is 15.2. The van der Waals surface area contributed by atoms with Gasteiger partial charge in [0, 0.05) is 70.0 Å². The van der Waals surface area contributed by atoms with Crippen LogP contribution in [0.4, 0.5) is 16.3 Å². The highest BCUT2D eigenvalue weighted by molar-refractivity contribution is 6.23. The van der Waals surface area contributed by atoms with Gasteiger partial charge in [-0.25, -0.2) is 19.4 Å². The summed E-state index contributed by atoms with van der Waals surface area (Å²) >= 11 is 0. The summed E-state index contributed by atoms with van der Waals surface area (Å²) in [4.78, 5) is 80.1. The molecule has 302 valence electrons. The number of nitrogens with two attached hydrogens (primary N) is 1. The summed E-state index contributed by atoms with van der Waals surface area (Å²) in [5, 5.41) is 11.0. The molecule has 0 spiro atoms. The molecule has 17 heteroatoms. The van der Waals surface area contributed by atoms with Crippen LogP contribution >= 0.6 is 0 Å². The molecule has 4 N–H and O–H groups in total. The lowest BCUT2D eigenvalue weighted by Gasteiger charge is -2.36. The quantitative estimate of drug-likeness (QED) is 0.184. The summed E-state index contributed by atoms with van der Waals surface area (Å²) in [5.41, 5.74) is 9.89.